The second-order valence-electron chi connectivity index (χ2n) is 6.66. The second-order valence-corrected chi connectivity index (χ2v) is 6.66. The molecule has 136 valence electrons. The molecule has 1 N–H and O–H groups in total. The van der Waals surface area contributed by atoms with Crippen LogP contribution in [0.3, 0.4) is 0 Å². The average molecular weight is 353 g/mol. The van der Waals surface area contributed by atoms with E-state index in [1.54, 1.807) is 17.0 Å². The number of carbonyl (C=O) groups excluding carboxylic acids is 1. The number of hydrogen-bond acceptors (Lipinski definition) is 3. The van der Waals surface area contributed by atoms with Crippen LogP contribution in [0, 0.1) is 11.8 Å². The van der Waals surface area contributed by atoms with E-state index in [0.29, 0.717) is 32.2 Å². The summed E-state index contributed by atoms with van der Waals surface area (Å²) in [6.45, 7) is -2.32. The minimum atomic E-state index is -2.88. The van der Waals surface area contributed by atoms with Crippen molar-refractivity contribution in [3.8, 4) is 5.75 Å². The normalized spacial score (nSPS) is 23.2. The fraction of sp³-hybridized carbons (Fsp3) is 0.556. The standard InChI is InChI=1S/C18H21F2NO4/c19-18(20)25-14-6-7-15-11(10-14)5-2-8-21(15)16(22)12-3-1-4-13(9-12)17(23)24/h6-7,10,12-13,18H,1-5,8-9H2,(H,23,24). The van der Waals surface area contributed by atoms with Gasteiger partial charge in [-0.3, -0.25) is 9.59 Å². The van der Waals surface area contributed by atoms with Crippen molar-refractivity contribution in [3.05, 3.63) is 23.8 Å². The van der Waals surface area contributed by atoms with Gasteiger partial charge in [0, 0.05) is 18.2 Å². The third kappa shape index (κ3) is 3.91. The summed E-state index contributed by atoms with van der Waals surface area (Å²) < 4.78 is 29.2. The number of carboxylic acid groups (broad SMARTS) is 1. The molecule has 1 saturated carbocycles. The molecule has 2 aliphatic rings. The first kappa shape index (κ1) is 17.6. The highest BCUT2D eigenvalue weighted by Crippen LogP contribution is 2.36. The fourth-order valence-electron chi connectivity index (χ4n) is 3.84. The van der Waals surface area contributed by atoms with Crippen LogP contribution in [0.5, 0.6) is 5.75 Å². The van der Waals surface area contributed by atoms with Crippen molar-refractivity contribution in [1.82, 2.24) is 0 Å². The number of hydrogen-bond donors (Lipinski definition) is 1. The van der Waals surface area contributed by atoms with Gasteiger partial charge in [-0.2, -0.15) is 8.78 Å². The van der Waals surface area contributed by atoms with Crippen molar-refractivity contribution in [2.45, 2.75) is 45.1 Å². The van der Waals surface area contributed by atoms with Gasteiger partial charge in [0.05, 0.1) is 5.92 Å². The van der Waals surface area contributed by atoms with E-state index in [9.17, 15) is 23.5 Å². The van der Waals surface area contributed by atoms with E-state index in [2.05, 4.69) is 4.74 Å². The Balaban J connectivity index is 1.78. The minimum absolute atomic E-state index is 0.0607. The van der Waals surface area contributed by atoms with Crippen LogP contribution in [0.25, 0.3) is 0 Å². The monoisotopic (exact) mass is 353 g/mol. The van der Waals surface area contributed by atoms with E-state index in [-0.39, 0.29) is 17.6 Å². The summed E-state index contributed by atoms with van der Waals surface area (Å²) in [5.74, 6) is -1.57. The van der Waals surface area contributed by atoms with Crippen molar-refractivity contribution < 1.29 is 28.2 Å². The zero-order chi connectivity index (χ0) is 18.0. The molecule has 5 nitrogen and oxygen atoms in total. The first-order chi connectivity index (χ1) is 12.0. The predicted molar refractivity (Wildman–Crippen MR) is 86.8 cm³/mol. The van der Waals surface area contributed by atoms with Crippen LogP contribution in [0.15, 0.2) is 18.2 Å². The van der Waals surface area contributed by atoms with Crippen LogP contribution >= 0.6 is 0 Å². The van der Waals surface area contributed by atoms with Crippen molar-refractivity contribution in [2.24, 2.45) is 11.8 Å². The number of anilines is 1. The van der Waals surface area contributed by atoms with Gasteiger partial charge in [-0.15, -0.1) is 0 Å². The molecule has 25 heavy (non-hydrogen) atoms. The van der Waals surface area contributed by atoms with E-state index in [4.69, 9.17) is 0 Å². The molecular weight excluding hydrogens is 332 g/mol. The van der Waals surface area contributed by atoms with E-state index in [1.165, 1.54) is 6.07 Å². The zero-order valence-electron chi connectivity index (χ0n) is 13.8. The number of alkyl halides is 2. The van der Waals surface area contributed by atoms with Crippen molar-refractivity contribution in [3.63, 3.8) is 0 Å². The van der Waals surface area contributed by atoms with Gasteiger partial charge in [-0.05, 0) is 55.9 Å². The molecule has 0 spiro atoms. The predicted octanol–water partition coefficient (Wildman–Crippen LogP) is 3.46. The highest BCUT2D eigenvalue weighted by Gasteiger charge is 2.35. The van der Waals surface area contributed by atoms with E-state index in [0.717, 1.165) is 24.1 Å². The molecule has 1 amide bonds. The van der Waals surface area contributed by atoms with Gasteiger partial charge in [-0.25, -0.2) is 0 Å². The summed E-state index contributed by atoms with van der Waals surface area (Å²) in [5.41, 5.74) is 1.53. The summed E-state index contributed by atoms with van der Waals surface area (Å²) in [6, 6.07) is 4.64. The molecule has 2 atom stereocenters. The number of amides is 1. The molecule has 1 aromatic rings. The van der Waals surface area contributed by atoms with Crippen LogP contribution in [-0.4, -0.2) is 30.1 Å². The maximum absolute atomic E-state index is 12.9. The lowest BCUT2D eigenvalue weighted by molar-refractivity contribution is -0.143. The van der Waals surface area contributed by atoms with Gasteiger partial charge in [-0.1, -0.05) is 6.42 Å². The Bertz CT molecular complexity index is 664. The largest absolute Gasteiger partial charge is 0.481 e. The number of carboxylic acids is 1. The number of carbonyl (C=O) groups is 2. The van der Waals surface area contributed by atoms with Crippen molar-refractivity contribution in [2.75, 3.05) is 11.4 Å². The van der Waals surface area contributed by atoms with Crippen LogP contribution in [-0.2, 0) is 16.0 Å². The maximum atomic E-state index is 12.9. The van der Waals surface area contributed by atoms with E-state index >= 15 is 0 Å². The molecular formula is C18H21F2NO4. The van der Waals surface area contributed by atoms with Gasteiger partial charge in [0.1, 0.15) is 5.75 Å². The molecule has 0 radical (unpaired) electrons. The van der Waals surface area contributed by atoms with E-state index in [1.807, 2.05) is 0 Å². The topological polar surface area (TPSA) is 66.8 Å². The molecule has 1 aromatic carbocycles. The smallest absolute Gasteiger partial charge is 0.387 e. The molecule has 0 saturated heterocycles. The fourth-order valence-corrected chi connectivity index (χ4v) is 3.84. The van der Waals surface area contributed by atoms with Crippen LogP contribution < -0.4 is 9.64 Å². The van der Waals surface area contributed by atoms with Crippen LogP contribution in [0.4, 0.5) is 14.5 Å². The van der Waals surface area contributed by atoms with Crippen molar-refractivity contribution in [1.29, 1.82) is 0 Å². The highest BCUT2D eigenvalue weighted by atomic mass is 19.3. The lowest BCUT2D eigenvalue weighted by Crippen LogP contribution is -2.41. The lowest BCUT2D eigenvalue weighted by atomic mass is 9.80. The molecule has 7 heteroatoms. The molecule has 1 aliphatic carbocycles. The molecule has 3 rings (SSSR count). The van der Waals surface area contributed by atoms with Crippen LogP contribution in [0.2, 0.25) is 0 Å². The summed E-state index contributed by atoms with van der Waals surface area (Å²) in [5, 5.41) is 9.21. The summed E-state index contributed by atoms with van der Waals surface area (Å²) in [6.07, 6.45) is 3.85. The molecule has 1 heterocycles. The Hall–Kier alpha value is -2.18. The zero-order valence-corrected chi connectivity index (χ0v) is 13.8. The number of fused-ring (bicyclic) bond motifs is 1. The third-order valence-electron chi connectivity index (χ3n) is 5.03. The Labute approximate surface area is 144 Å². The Morgan fingerprint density at radius 1 is 1.20 bits per heavy atom. The van der Waals surface area contributed by atoms with Gasteiger partial charge in [0.15, 0.2) is 0 Å². The average Bonchev–Trinajstić information content (AvgIpc) is 2.60. The first-order valence-electron chi connectivity index (χ1n) is 8.57. The van der Waals surface area contributed by atoms with E-state index < -0.39 is 18.5 Å². The number of halogens is 2. The van der Waals surface area contributed by atoms with Gasteiger partial charge in [0.2, 0.25) is 5.91 Å². The van der Waals surface area contributed by atoms with Crippen LogP contribution in [0.1, 0.15) is 37.7 Å². The van der Waals surface area contributed by atoms with Gasteiger partial charge < -0.3 is 14.7 Å². The third-order valence-corrected chi connectivity index (χ3v) is 5.03. The number of nitrogens with zero attached hydrogens (tertiary/aromatic N) is 1. The van der Waals surface area contributed by atoms with Gasteiger partial charge in [0.25, 0.3) is 0 Å². The Kier molecular flexibility index (Phi) is 5.20. The second kappa shape index (κ2) is 7.37. The Morgan fingerprint density at radius 2 is 1.96 bits per heavy atom. The summed E-state index contributed by atoms with van der Waals surface area (Å²) in [4.78, 5) is 25.8. The van der Waals surface area contributed by atoms with Gasteiger partial charge >= 0.3 is 12.6 Å². The number of rotatable bonds is 4. The highest BCUT2D eigenvalue weighted by molar-refractivity contribution is 5.96. The molecule has 0 bridgehead atoms. The quantitative estimate of drug-likeness (QED) is 0.900. The SMILES string of the molecule is O=C(O)C1CCCC(C(=O)N2CCCc3cc(OC(F)F)ccc32)C1. The molecule has 1 fully saturated rings. The molecule has 0 aromatic heterocycles. The number of benzene rings is 1. The summed E-state index contributed by atoms with van der Waals surface area (Å²) in [7, 11) is 0. The minimum Gasteiger partial charge on any atom is -0.481 e. The van der Waals surface area contributed by atoms with Crippen molar-refractivity contribution >= 4 is 17.6 Å². The maximum Gasteiger partial charge on any atom is 0.387 e. The first-order valence-corrected chi connectivity index (χ1v) is 8.57. The summed E-state index contributed by atoms with van der Waals surface area (Å²) >= 11 is 0. The number of aliphatic carboxylic acids is 1. The number of ether oxygens (including phenoxy) is 1. The lowest BCUT2D eigenvalue weighted by Gasteiger charge is -2.35. The Morgan fingerprint density at radius 3 is 2.68 bits per heavy atom. The molecule has 2 unspecified atom stereocenters. The number of aryl methyl sites for hydroxylation is 1. The molecule has 1 aliphatic heterocycles.